The van der Waals surface area contributed by atoms with Crippen molar-refractivity contribution in [1.82, 2.24) is 0 Å². The molecule has 0 amide bonds. The van der Waals surface area contributed by atoms with E-state index in [1.165, 1.54) is 13.8 Å². The molecule has 0 heterocycles. The fourth-order valence-corrected chi connectivity index (χ4v) is 0.666. The summed E-state index contributed by atoms with van der Waals surface area (Å²) in [4.78, 5) is 0. The molecule has 0 aliphatic rings. The molecule has 0 radical (unpaired) electrons. The van der Waals surface area contributed by atoms with Crippen molar-refractivity contribution in [2.45, 2.75) is 35.2 Å². The molecule has 0 aliphatic heterocycles. The third-order valence-corrected chi connectivity index (χ3v) is 2.56. The van der Waals surface area contributed by atoms with Crippen LogP contribution in [0, 0.1) is 0 Å². The molecular weight excluding hydrogens is 268 g/mol. The quantitative estimate of drug-likeness (QED) is 0.705. The van der Waals surface area contributed by atoms with E-state index >= 15 is 0 Å². The lowest BCUT2D eigenvalue weighted by Gasteiger charge is -2.26. The summed E-state index contributed by atoms with van der Waals surface area (Å²) in [6.07, 6.45) is -2.48. The smallest absolute Gasteiger partial charge is 0.283 e. The molecule has 0 aromatic heterocycles. The second kappa shape index (κ2) is 4.67. The summed E-state index contributed by atoms with van der Waals surface area (Å²) in [6.45, 7) is 2.46. The lowest BCUT2D eigenvalue weighted by molar-refractivity contribution is -0.0509. The summed E-state index contributed by atoms with van der Waals surface area (Å²) in [5, 5.41) is 0. The van der Waals surface area contributed by atoms with Crippen molar-refractivity contribution in [1.29, 1.82) is 0 Å². The lowest BCUT2D eigenvalue weighted by Crippen LogP contribution is -2.36. The third kappa shape index (κ3) is 5.43. The minimum atomic E-state index is -2.60. The van der Waals surface area contributed by atoms with E-state index in [1.807, 2.05) is 0 Å². The zero-order valence-corrected chi connectivity index (χ0v) is 9.85. The van der Waals surface area contributed by atoms with Crippen molar-refractivity contribution in [3.63, 3.8) is 0 Å². The maximum atomic E-state index is 12.7. The van der Waals surface area contributed by atoms with Crippen LogP contribution in [0.2, 0.25) is 0 Å². The van der Waals surface area contributed by atoms with Gasteiger partial charge in [0, 0.05) is 0 Å². The number of alkyl halides is 6. The summed E-state index contributed by atoms with van der Waals surface area (Å²) >= 11 is 20.2. The molecule has 0 fully saturated rings. The van der Waals surface area contributed by atoms with Gasteiger partial charge in [-0.3, -0.25) is 0 Å². The molecule has 0 spiro atoms. The van der Waals surface area contributed by atoms with Gasteiger partial charge in [-0.25, -0.2) is 8.78 Å². The van der Waals surface area contributed by atoms with Crippen LogP contribution in [0.1, 0.15) is 13.8 Å². The number of rotatable bonds is 4. The van der Waals surface area contributed by atoms with Crippen molar-refractivity contribution in [2.24, 2.45) is 0 Å². The van der Waals surface area contributed by atoms with Gasteiger partial charge in [0.2, 0.25) is 0 Å². The first kappa shape index (κ1) is 14.0. The van der Waals surface area contributed by atoms with Gasteiger partial charge in [0.1, 0.15) is 12.2 Å². The number of hydrogen-bond acceptors (Lipinski definition) is 1. The molecule has 80 valence electrons. The summed E-state index contributed by atoms with van der Waals surface area (Å²) in [5.41, 5.74) is 0. The Bertz CT molecular complexity index is 147. The van der Waals surface area contributed by atoms with Crippen molar-refractivity contribution >= 4 is 46.4 Å². The first-order chi connectivity index (χ1) is 5.55. The van der Waals surface area contributed by atoms with Gasteiger partial charge in [-0.2, -0.15) is 0 Å². The highest BCUT2D eigenvalue weighted by Gasteiger charge is 2.39. The van der Waals surface area contributed by atoms with Crippen molar-refractivity contribution in [3.8, 4) is 0 Å². The van der Waals surface area contributed by atoms with E-state index in [2.05, 4.69) is 0 Å². The van der Waals surface area contributed by atoms with Crippen LogP contribution in [0.3, 0.4) is 0 Å². The Hall–Kier alpha value is 0.980. The van der Waals surface area contributed by atoms with Crippen LogP contribution in [-0.2, 0) is 4.74 Å². The molecule has 13 heavy (non-hydrogen) atoms. The zero-order chi connectivity index (χ0) is 10.9. The summed E-state index contributed by atoms with van der Waals surface area (Å²) < 4.78 is 25.0. The van der Waals surface area contributed by atoms with E-state index in [0.29, 0.717) is 0 Å². The van der Waals surface area contributed by atoms with Crippen LogP contribution >= 0.6 is 46.4 Å². The fourth-order valence-electron chi connectivity index (χ4n) is 0.460. The van der Waals surface area contributed by atoms with Crippen LogP contribution in [0.15, 0.2) is 0 Å². The van der Waals surface area contributed by atoms with E-state index in [4.69, 9.17) is 51.1 Å². The molecule has 1 nitrogen and oxygen atoms in total. The second-order valence-electron chi connectivity index (χ2n) is 2.50. The molecule has 2 unspecified atom stereocenters. The number of ether oxygens (including phenoxy) is 1. The van der Waals surface area contributed by atoms with Crippen LogP contribution in [0.5, 0.6) is 0 Å². The maximum Gasteiger partial charge on any atom is 0.283 e. The minimum absolute atomic E-state index is 1.23. The Labute approximate surface area is 95.2 Å². The minimum Gasteiger partial charge on any atom is -0.363 e. The Morgan fingerprint density at radius 1 is 0.923 bits per heavy atom. The molecule has 0 rings (SSSR count). The standard InChI is InChI=1S/C6H8Cl4F2O/c1-3(5(7,8)11)13-4(2)6(9,10)12/h3-4H,1-2H3. The average Bonchev–Trinajstić information content (AvgIpc) is 1.82. The molecule has 0 saturated heterocycles. The SMILES string of the molecule is CC(OC(C)C(F)(Cl)Cl)C(F)(Cl)Cl. The van der Waals surface area contributed by atoms with E-state index in [1.54, 1.807) is 0 Å². The fraction of sp³-hybridized carbons (Fsp3) is 1.00. The molecule has 0 aliphatic carbocycles. The molecular formula is C6H8Cl4F2O. The van der Waals surface area contributed by atoms with E-state index in [-0.39, 0.29) is 0 Å². The van der Waals surface area contributed by atoms with Crippen molar-refractivity contribution < 1.29 is 13.5 Å². The number of halogens is 6. The third-order valence-electron chi connectivity index (χ3n) is 1.33. The van der Waals surface area contributed by atoms with Gasteiger partial charge in [0.15, 0.2) is 0 Å². The average molecular weight is 276 g/mol. The Balaban J connectivity index is 4.15. The van der Waals surface area contributed by atoms with Gasteiger partial charge in [-0.1, -0.05) is 46.4 Å². The molecule has 2 atom stereocenters. The van der Waals surface area contributed by atoms with Gasteiger partial charge in [-0.05, 0) is 13.8 Å². The van der Waals surface area contributed by atoms with Gasteiger partial charge >= 0.3 is 0 Å². The molecule has 0 saturated carbocycles. The largest absolute Gasteiger partial charge is 0.363 e. The predicted octanol–water partition coefficient (Wildman–Crippen LogP) is 3.98. The highest BCUT2D eigenvalue weighted by atomic mass is 35.5. The van der Waals surface area contributed by atoms with Gasteiger partial charge in [0.05, 0.1) is 0 Å². The summed E-state index contributed by atoms with van der Waals surface area (Å²) in [6, 6.07) is 0. The van der Waals surface area contributed by atoms with E-state index in [9.17, 15) is 8.78 Å². The number of hydrogen-bond donors (Lipinski definition) is 0. The molecule has 7 heteroatoms. The second-order valence-corrected chi connectivity index (χ2v) is 5.09. The summed E-state index contributed by atoms with van der Waals surface area (Å²) in [7, 11) is 0. The van der Waals surface area contributed by atoms with Gasteiger partial charge < -0.3 is 4.74 Å². The van der Waals surface area contributed by atoms with Crippen LogP contribution in [0.25, 0.3) is 0 Å². The Morgan fingerprint density at radius 2 is 1.15 bits per heavy atom. The van der Waals surface area contributed by atoms with E-state index < -0.39 is 21.4 Å². The van der Waals surface area contributed by atoms with Crippen molar-refractivity contribution in [2.75, 3.05) is 0 Å². The molecule has 0 bridgehead atoms. The normalized spacial score (nSPS) is 18.5. The van der Waals surface area contributed by atoms with Crippen LogP contribution in [0.4, 0.5) is 8.78 Å². The first-order valence-corrected chi connectivity index (χ1v) is 4.85. The molecule has 0 aromatic carbocycles. The van der Waals surface area contributed by atoms with Gasteiger partial charge in [0.25, 0.3) is 9.17 Å². The first-order valence-electron chi connectivity index (χ1n) is 3.34. The topological polar surface area (TPSA) is 9.23 Å². The predicted molar refractivity (Wildman–Crippen MR) is 51.1 cm³/mol. The Kier molecular flexibility index (Phi) is 5.02. The maximum absolute atomic E-state index is 12.7. The highest BCUT2D eigenvalue weighted by molar-refractivity contribution is 6.48. The van der Waals surface area contributed by atoms with E-state index in [0.717, 1.165) is 0 Å². The van der Waals surface area contributed by atoms with Crippen LogP contribution < -0.4 is 0 Å². The molecule has 0 N–H and O–H groups in total. The summed E-state index contributed by atoms with van der Waals surface area (Å²) in [5.74, 6) is 0. The van der Waals surface area contributed by atoms with Gasteiger partial charge in [-0.15, -0.1) is 0 Å². The monoisotopic (exact) mass is 274 g/mol. The zero-order valence-electron chi connectivity index (χ0n) is 6.83. The Morgan fingerprint density at radius 3 is 1.31 bits per heavy atom. The van der Waals surface area contributed by atoms with Crippen molar-refractivity contribution in [3.05, 3.63) is 0 Å². The molecule has 0 aromatic rings. The highest BCUT2D eigenvalue weighted by Crippen LogP contribution is 2.34. The lowest BCUT2D eigenvalue weighted by atomic mass is 10.4. The van der Waals surface area contributed by atoms with Crippen LogP contribution in [-0.4, -0.2) is 21.4 Å².